The first-order valence-electron chi connectivity index (χ1n) is 6.20. The Bertz CT molecular complexity index is 358. The van der Waals surface area contributed by atoms with Crippen molar-refractivity contribution in [3.05, 3.63) is 6.33 Å². The maximum atomic E-state index is 5.88. The summed E-state index contributed by atoms with van der Waals surface area (Å²) in [4.78, 5) is 8.04. The number of hydrogen-bond acceptors (Lipinski definition) is 6. The van der Waals surface area contributed by atoms with Gasteiger partial charge in [-0.2, -0.15) is 4.98 Å². The van der Waals surface area contributed by atoms with Gasteiger partial charge in [0.05, 0.1) is 13.2 Å². The molecule has 0 amide bonds. The Kier molecular flexibility index (Phi) is 6.21. The normalized spacial score (nSPS) is 10.7. The number of ether oxygens (including phenoxy) is 2. The zero-order valence-electron chi connectivity index (χ0n) is 11.3. The van der Waals surface area contributed by atoms with Gasteiger partial charge in [0.1, 0.15) is 12.0 Å². The molecular formula is C12H22N4O2. The Labute approximate surface area is 108 Å². The van der Waals surface area contributed by atoms with Crippen LogP contribution in [0.15, 0.2) is 6.33 Å². The van der Waals surface area contributed by atoms with E-state index in [2.05, 4.69) is 29.1 Å². The van der Waals surface area contributed by atoms with Gasteiger partial charge in [-0.15, -0.1) is 0 Å². The Morgan fingerprint density at radius 1 is 1.39 bits per heavy atom. The number of nitrogens with zero attached hydrogens (tertiary/aromatic N) is 2. The molecule has 0 radical (unpaired) electrons. The van der Waals surface area contributed by atoms with Crippen LogP contribution in [0.25, 0.3) is 0 Å². The average molecular weight is 254 g/mol. The third kappa shape index (κ3) is 4.75. The molecule has 0 fully saturated rings. The molecule has 0 aliphatic heterocycles. The van der Waals surface area contributed by atoms with E-state index in [4.69, 9.17) is 15.2 Å². The van der Waals surface area contributed by atoms with Crippen molar-refractivity contribution in [2.45, 2.75) is 20.8 Å². The molecule has 0 saturated heterocycles. The number of nitrogens with one attached hydrogen (secondary N) is 1. The van der Waals surface area contributed by atoms with Crippen molar-refractivity contribution in [1.29, 1.82) is 0 Å². The van der Waals surface area contributed by atoms with Gasteiger partial charge in [0.25, 0.3) is 0 Å². The first-order chi connectivity index (χ1) is 8.65. The summed E-state index contributed by atoms with van der Waals surface area (Å²) in [5.41, 5.74) is 6.31. The van der Waals surface area contributed by atoms with E-state index in [0.29, 0.717) is 43.1 Å². The van der Waals surface area contributed by atoms with Crippen molar-refractivity contribution in [2.75, 3.05) is 37.4 Å². The van der Waals surface area contributed by atoms with Gasteiger partial charge in [-0.1, -0.05) is 13.8 Å². The first-order valence-corrected chi connectivity index (χ1v) is 6.20. The molecule has 18 heavy (non-hydrogen) atoms. The SMILES string of the molecule is CCOc1ncnc(NCCOCC(C)C)c1N. The summed E-state index contributed by atoms with van der Waals surface area (Å²) in [7, 11) is 0. The molecule has 3 N–H and O–H groups in total. The number of aromatic nitrogens is 2. The van der Waals surface area contributed by atoms with Crippen molar-refractivity contribution in [1.82, 2.24) is 9.97 Å². The Morgan fingerprint density at radius 2 is 2.17 bits per heavy atom. The van der Waals surface area contributed by atoms with Gasteiger partial charge in [0, 0.05) is 13.2 Å². The maximum absolute atomic E-state index is 5.88. The van der Waals surface area contributed by atoms with Crippen molar-refractivity contribution in [3.8, 4) is 5.88 Å². The quantitative estimate of drug-likeness (QED) is 0.685. The molecule has 0 bridgehead atoms. The monoisotopic (exact) mass is 254 g/mol. The van der Waals surface area contributed by atoms with E-state index < -0.39 is 0 Å². The highest BCUT2D eigenvalue weighted by Crippen LogP contribution is 2.23. The van der Waals surface area contributed by atoms with Crippen molar-refractivity contribution < 1.29 is 9.47 Å². The van der Waals surface area contributed by atoms with Gasteiger partial charge in [0.15, 0.2) is 5.82 Å². The summed E-state index contributed by atoms with van der Waals surface area (Å²) in [5.74, 6) is 1.54. The molecule has 1 rings (SSSR count). The van der Waals surface area contributed by atoms with Crippen molar-refractivity contribution in [2.24, 2.45) is 5.92 Å². The fourth-order valence-corrected chi connectivity index (χ4v) is 1.33. The number of nitrogen functional groups attached to an aromatic ring is 1. The van der Waals surface area contributed by atoms with Crippen LogP contribution in [0.3, 0.4) is 0 Å². The molecule has 6 nitrogen and oxygen atoms in total. The van der Waals surface area contributed by atoms with Crippen molar-refractivity contribution in [3.63, 3.8) is 0 Å². The molecule has 0 aliphatic carbocycles. The molecule has 0 aromatic carbocycles. The Morgan fingerprint density at radius 3 is 2.83 bits per heavy atom. The summed E-state index contributed by atoms with van der Waals surface area (Å²) < 4.78 is 10.7. The minimum Gasteiger partial charge on any atom is -0.476 e. The van der Waals surface area contributed by atoms with Crippen LogP contribution in [0.2, 0.25) is 0 Å². The van der Waals surface area contributed by atoms with Gasteiger partial charge in [-0.05, 0) is 12.8 Å². The van der Waals surface area contributed by atoms with E-state index in [1.54, 1.807) is 0 Å². The lowest BCUT2D eigenvalue weighted by Crippen LogP contribution is -2.14. The lowest BCUT2D eigenvalue weighted by atomic mass is 10.2. The highest BCUT2D eigenvalue weighted by Gasteiger charge is 2.07. The summed E-state index contributed by atoms with van der Waals surface area (Å²) in [5, 5.41) is 3.10. The van der Waals surface area contributed by atoms with E-state index in [0.717, 1.165) is 6.61 Å². The van der Waals surface area contributed by atoms with Gasteiger partial charge in [-0.25, -0.2) is 4.98 Å². The van der Waals surface area contributed by atoms with Gasteiger partial charge >= 0.3 is 0 Å². The molecule has 102 valence electrons. The number of nitrogens with two attached hydrogens (primary N) is 1. The third-order valence-corrected chi connectivity index (χ3v) is 2.12. The van der Waals surface area contributed by atoms with Crippen LogP contribution in [-0.4, -0.2) is 36.3 Å². The Balaban J connectivity index is 2.40. The highest BCUT2D eigenvalue weighted by molar-refractivity contribution is 5.66. The van der Waals surface area contributed by atoms with Crippen LogP contribution in [0.5, 0.6) is 5.88 Å². The summed E-state index contributed by atoms with van der Waals surface area (Å²) in [6.07, 6.45) is 1.43. The smallest absolute Gasteiger partial charge is 0.242 e. The van der Waals surface area contributed by atoms with E-state index in [1.165, 1.54) is 6.33 Å². The molecule has 1 aromatic heterocycles. The van der Waals surface area contributed by atoms with E-state index in [9.17, 15) is 0 Å². The van der Waals surface area contributed by atoms with Gasteiger partial charge in [-0.3, -0.25) is 0 Å². The molecule has 0 spiro atoms. The second-order valence-corrected chi connectivity index (χ2v) is 4.27. The summed E-state index contributed by atoms with van der Waals surface area (Å²) in [6, 6.07) is 0. The number of hydrogen-bond donors (Lipinski definition) is 2. The molecule has 1 heterocycles. The number of rotatable bonds is 8. The maximum Gasteiger partial charge on any atom is 0.242 e. The molecule has 0 aliphatic rings. The molecule has 0 saturated carbocycles. The van der Waals surface area contributed by atoms with Crippen LogP contribution in [0, 0.1) is 5.92 Å². The van der Waals surface area contributed by atoms with Crippen LogP contribution in [0.1, 0.15) is 20.8 Å². The number of anilines is 2. The molecule has 6 heteroatoms. The fraction of sp³-hybridized carbons (Fsp3) is 0.667. The molecular weight excluding hydrogens is 232 g/mol. The predicted octanol–water partition coefficient (Wildman–Crippen LogP) is 1.54. The van der Waals surface area contributed by atoms with Gasteiger partial charge < -0.3 is 20.5 Å². The zero-order valence-corrected chi connectivity index (χ0v) is 11.3. The van der Waals surface area contributed by atoms with Crippen LogP contribution in [-0.2, 0) is 4.74 Å². The minimum absolute atomic E-state index is 0.415. The first kappa shape index (κ1) is 14.5. The molecule has 0 atom stereocenters. The standard InChI is InChI=1S/C12H22N4O2/c1-4-18-12-10(13)11(15-8-16-12)14-5-6-17-7-9(2)3/h8-9H,4-7,13H2,1-3H3,(H,14,15,16). The second kappa shape index (κ2) is 7.71. The lowest BCUT2D eigenvalue weighted by Gasteiger charge is -2.11. The predicted molar refractivity (Wildman–Crippen MR) is 71.8 cm³/mol. The van der Waals surface area contributed by atoms with E-state index in [1.807, 2.05) is 6.92 Å². The molecule has 1 aromatic rings. The van der Waals surface area contributed by atoms with Crippen LogP contribution in [0.4, 0.5) is 11.5 Å². The minimum atomic E-state index is 0.415. The topological polar surface area (TPSA) is 82.3 Å². The van der Waals surface area contributed by atoms with Gasteiger partial charge in [0.2, 0.25) is 5.88 Å². The summed E-state index contributed by atoms with van der Waals surface area (Å²) in [6.45, 7) is 8.66. The lowest BCUT2D eigenvalue weighted by molar-refractivity contribution is 0.118. The summed E-state index contributed by atoms with van der Waals surface area (Å²) >= 11 is 0. The third-order valence-electron chi connectivity index (χ3n) is 2.12. The average Bonchev–Trinajstić information content (AvgIpc) is 2.33. The highest BCUT2D eigenvalue weighted by atomic mass is 16.5. The van der Waals surface area contributed by atoms with Crippen LogP contribution >= 0.6 is 0 Å². The second-order valence-electron chi connectivity index (χ2n) is 4.27. The van der Waals surface area contributed by atoms with Crippen molar-refractivity contribution >= 4 is 11.5 Å². The van der Waals surface area contributed by atoms with E-state index >= 15 is 0 Å². The van der Waals surface area contributed by atoms with Crippen LogP contribution < -0.4 is 15.8 Å². The Hall–Kier alpha value is -1.56. The molecule has 0 unspecified atom stereocenters. The largest absolute Gasteiger partial charge is 0.476 e. The van der Waals surface area contributed by atoms with E-state index in [-0.39, 0.29) is 0 Å². The fourth-order valence-electron chi connectivity index (χ4n) is 1.33. The zero-order chi connectivity index (χ0) is 13.4.